The lowest BCUT2D eigenvalue weighted by Gasteiger charge is -2.34. The maximum absolute atomic E-state index is 13.6. The molecule has 0 amide bonds. The lowest BCUT2D eigenvalue weighted by molar-refractivity contribution is -0.0222. The predicted octanol–water partition coefficient (Wildman–Crippen LogP) is 6.33. The second-order valence-corrected chi connectivity index (χ2v) is 11.5. The van der Waals surface area contributed by atoms with Crippen molar-refractivity contribution in [3.05, 3.63) is 39.7 Å². The number of halogens is 3. The molecule has 0 radical (unpaired) electrons. The molecule has 0 bridgehead atoms. The van der Waals surface area contributed by atoms with Crippen molar-refractivity contribution in [1.82, 2.24) is 15.0 Å². The van der Waals surface area contributed by atoms with Crippen LogP contribution in [0.4, 0.5) is 20.4 Å². The van der Waals surface area contributed by atoms with Crippen molar-refractivity contribution in [3.8, 4) is 22.9 Å². The van der Waals surface area contributed by atoms with Gasteiger partial charge in [-0.3, -0.25) is 0 Å². The smallest absolute Gasteiger partial charge is 0.251 e. The normalized spacial score (nSPS) is 20.9. The standard InChI is InChI=1S/C26H28F2IN5O/c1-17-14-20(32-24(31-17)34-12-8-26(27,28)9-13-34)22-16-30-23(35-22)19-3-2-18(29)15-21(19)33-10-6-25(4-5-25)7-11-33/h2-3,14-16H,4-13H2,1H3. The third-order valence-electron chi connectivity index (χ3n) is 7.69. The summed E-state index contributed by atoms with van der Waals surface area (Å²) in [6, 6.07) is 8.22. The van der Waals surface area contributed by atoms with Crippen LogP contribution in [0.15, 0.2) is 34.9 Å². The molecule has 0 unspecified atom stereocenters. The fourth-order valence-corrected chi connectivity index (χ4v) is 5.69. The van der Waals surface area contributed by atoms with Gasteiger partial charge in [-0.25, -0.2) is 23.7 Å². The molecular formula is C26H28F2IN5O. The summed E-state index contributed by atoms with van der Waals surface area (Å²) in [6.45, 7) is 4.47. The molecule has 3 aromatic rings. The highest BCUT2D eigenvalue weighted by atomic mass is 127. The molecule has 6 nitrogen and oxygen atoms in total. The van der Waals surface area contributed by atoms with E-state index in [4.69, 9.17) is 4.42 Å². The minimum atomic E-state index is -2.61. The second kappa shape index (κ2) is 8.67. The van der Waals surface area contributed by atoms with Crippen molar-refractivity contribution in [2.45, 2.75) is 51.4 Å². The Hall–Kier alpha value is -2.30. The van der Waals surface area contributed by atoms with Crippen molar-refractivity contribution >= 4 is 34.2 Å². The lowest BCUT2D eigenvalue weighted by Crippen LogP contribution is -2.40. The van der Waals surface area contributed by atoms with E-state index >= 15 is 0 Å². The van der Waals surface area contributed by atoms with Gasteiger partial charge in [0, 0.05) is 48.3 Å². The summed E-state index contributed by atoms with van der Waals surface area (Å²) in [5.41, 5.74) is 4.13. The SMILES string of the molecule is Cc1cc(-c2cnc(-c3ccc(I)cc3N3CCC4(CC3)CC4)o2)nc(N2CCC(F)(F)CC2)n1. The molecule has 1 saturated carbocycles. The molecule has 3 aliphatic rings. The molecule has 3 fully saturated rings. The Kier molecular flexibility index (Phi) is 5.73. The third kappa shape index (κ3) is 4.75. The number of nitrogens with zero attached hydrogens (tertiary/aromatic N) is 5. The van der Waals surface area contributed by atoms with E-state index in [2.05, 4.69) is 60.6 Å². The number of alkyl halides is 2. The van der Waals surface area contributed by atoms with Gasteiger partial charge in [-0.1, -0.05) is 0 Å². The van der Waals surface area contributed by atoms with E-state index < -0.39 is 5.92 Å². The summed E-state index contributed by atoms with van der Waals surface area (Å²) >= 11 is 2.36. The zero-order valence-corrected chi connectivity index (χ0v) is 21.9. The van der Waals surface area contributed by atoms with E-state index in [-0.39, 0.29) is 25.9 Å². The maximum atomic E-state index is 13.6. The minimum absolute atomic E-state index is 0.181. The zero-order chi connectivity index (χ0) is 24.2. The number of benzene rings is 1. The first-order valence-electron chi connectivity index (χ1n) is 12.3. The Bertz CT molecular complexity index is 1240. The van der Waals surface area contributed by atoms with E-state index in [1.807, 2.05) is 17.9 Å². The summed E-state index contributed by atoms with van der Waals surface area (Å²) in [4.78, 5) is 18.1. The van der Waals surface area contributed by atoms with Crippen molar-refractivity contribution in [2.75, 3.05) is 36.0 Å². The second-order valence-electron chi connectivity index (χ2n) is 10.2. The van der Waals surface area contributed by atoms with Gasteiger partial charge in [0.15, 0.2) is 5.76 Å². The Balaban J connectivity index is 1.28. The number of anilines is 2. The molecule has 4 heterocycles. The number of hydrogen-bond acceptors (Lipinski definition) is 6. The summed E-state index contributed by atoms with van der Waals surface area (Å²) in [5, 5.41) is 0. The average molecular weight is 591 g/mol. The molecule has 2 saturated heterocycles. The van der Waals surface area contributed by atoms with E-state index in [0.29, 0.717) is 28.7 Å². The topological polar surface area (TPSA) is 58.3 Å². The highest BCUT2D eigenvalue weighted by molar-refractivity contribution is 14.1. The quantitative estimate of drug-likeness (QED) is 0.331. The van der Waals surface area contributed by atoms with Crippen LogP contribution in [0.3, 0.4) is 0 Å². The first-order valence-corrected chi connectivity index (χ1v) is 13.4. The fourth-order valence-electron chi connectivity index (χ4n) is 5.22. The van der Waals surface area contributed by atoms with Gasteiger partial charge in [-0.05, 0) is 84.9 Å². The number of rotatable bonds is 4. The molecule has 1 aliphatic carbocycles. The average Bonchev–Trinajstić information content (AvgIpc) is 3.39. The molecule has 1 aromatic carbocycles. The van der Waals surface area contributed by atoms with Crippen molar-refractivity contribution in [3.63, 3.8) is 0 Å². The lowest BCUT2D eigenvalue weighted by atomic mass is 9.93. The van der Waals surface area contributed by atoms with Crippen LogP contribution in [0.2, 0.25) is 0 Å². The van der Waals surface area contributed by atoms with Crippen molar-refractivity contribution in [2.24, 2.45) is 5.41 Å². The van der Waals surface area contributed by atoms with Gasteiger partial charge in [-0.15, -0.1) is 0 Å². The number of oxazole rings is 1. The Morgan fingerprint density at radius 2 is 1.63 bits per heavy atom. The monoisotopic (exact) mass is 591 g/mol. The first-order chi connectivity index (χ1) is 16.8. The van der Waals surface area contributed by atoms with Gasteiger partial charge < -0.3 is 14.2 Å². The van der Waals surface area contributed by atoms with Crippen LogP contribution < -0.4 is 9.80 Å². The van der Waals surface area contributed by atoms with Crippen molar-refractivity contribution in [1.29, 1.82) is 0 Å². The summed E-state index contributed by atoms with van der Waals surface area (Å²) in [5.74, 6) is -1.03. The number of aryl methyl sites for hydroxylation is 1. The molecule has 2 aliphatic heterocycles. The predicted molar refractivity (Wildman–Crippen MR) is 140 cm³/mol. The molecule has 1 spiro atoms. The van der Waals surface area contributed by atoms with Crippen LogP contribution in [-0.2, 0) is 0 Å². The van der Waals surface area contributed by atoms with Crippen LogP contribution in [0, 0.1) is 15.9 Å². The third-order valence-corrected chi connectivity index (χ3v) is 8.36. The first kappa shape index (κ1) is 23.1. The number of piperidine rings is 2. The molecule has 6 rings (SSSR count). The van der Waals surface area contributed by atoms with Crippen LogP contribution in [0.1, 0.15) is 44.2 Å². The number of aromatic nitrogens is 3. The molecule has 0 N–H and O–H groups in total. The van der Waals surface area contributed by atoms with Gasteiger partial charge in [0.25, 0.3) is 5.92 Å². The summed E-state index contributed by atoms with van der Waals surface area (Å²) in [6.07, 6.45) is 6.59. The summed E-state index contributed by atoms with van der Waals surface area (Å²) in [7, 11) is 0. The van der Waals surface area contributed by atoms with Crippen LogP contribution in [0.25, 0.3) is 22.9 Å². The number of hydrogen-bond donors (Lipinski definition) is 0. The van der Waals surface area contributed by atoms with Gasteiger partial charge in [0.1, 0.15) is 5.69 Å². The van der Waals surface area contributed by atoms with E-state index in [0.717, 1.165) is 30.0 Å². The van der Waals surface area contributed by atoms with Gasteiger partial charge >= 0.3 is 0 Å². The van der Waals surface area contributed by atoms with E-state index in [9.17, 15) is 8.78 Å². The Morgan fingerprint density at radius 3 is 2.34 bits per heavy atom. The molecular weight excluding hydrogens is 563 g/mol. The van der Waals surface area contributed by atoms with Gasteiger partial charge in [-0.2, -0.15) is 0 Å². The zero-order valence-electron chi connectivity index (χ0n) is 19.7. The largest absolute Gasteiger partial charge is 0.434 e. The molecule has 2 aromatic heterocycles. The fraction of sp³-hybridized carbons (Fsp3) is 0.500. The van der Waals surface area contributed by atoms with E-state index in [1.165, 1.54) is 29.3 Å². The molecule has 184 valence electrons. The van der Waals surface area contributed by atoms with Gasteiger partial charge in [0.2, 0.25) is 11.8 Å². The summed E-state index contributed by atoms with van der Waals surface area (Å²) < 4.78 is 34.7. The van der Waals surface area contributed by atoms with Crippen molar-refractivity contribution < 1.29 is 13.2 Å². The van der Waals surface area contributed by atoms with E-state index in [1.54, 1.807) is 6.20 Å². The Morgan fingerprint density at radius 1 is 0.914 bits per heavy atom. The highest BCUT2D eigenvalue weighted by Gasteiger charge is 2.44. The Labute approximate surface area is 217 Å². The minimum Gasteiger partial charge on any atom is -0.434 e. The van der Waals surface area contributed by atoms with Crippen LogP contribution in [-0.4, -0.2) is 47.1 Å². The van der Waals surface area contributed by atoms with Crippen LogP contribution in [0.5, 0.6) is 0 Å². The molecule has 9 heteroatoms. The highest BCUT2D eigenvalue weighted by Crippen LogP contribution is 2.54. The molecule has 35 heavy (non-hydrogen) atoms. The van der Waals surface area contributed by atoms with Crippen LogP contribution >= 0.6 is 22.6 Å². The van der Waals surface area contributed by atoms with Gasteiger partial charge in [0.05, 0.1) is 17.4 Å². The molecule has 0 atom stereocenters. The maximum Gasteiger partial charge on any atom is 0.251 e.